The number of nitrogens with zero attached hydrogens (tertiary/aromatic N) is 1. The summed E-state index contributed by atoms with van der Waals surface area (Å²) in [5, 5.41) is 11.3. The van der Waals surface area contributed by atoms with Crippen molar-refractivity contribution in [2.24, 2.45) is 0 Å². The maximum atomic E-state index is 10.2. The molecule has 0 fully saturated rings. The molecule has 2 atom stereocenters. The number of rotatable bonds is 3. The molecular formula is C12H12Cl2N2O. The van der Waals surface area contributed by atoms with Crippen LogP contribution in [-0.4, -0.2) is 15.1 Å². The quantitative estimate of drug-likeness (QED) is 0.896. The molecule has 0 radical (unpaired) electrons. The van der Waals surface area contributed by atoms with Gasteiger partial charge in [-0.3, -0.25) is 0 Å². The van der Waals surface area contributed by atoms with Gasteiger partial charge >= 0.3 is 0 Å². The minimum Gasteiger partial charge on any atom is -0.388 e. The van der Waals surface area contributed by atoms with Gasteiger partial charge in [0.25, 0.3) is 0 Å². The SMILES string of the molecule is CC(c1ncc[nH]1)C(O)c1ccc(Cl)cc1Cl. The summed E-state index contributed by atoms with van der Waals surface area (Å²) in [7, 11) is 0. The molecule has 5 heteroatoms. The Morgan fingerprint density at radius 2 is 2.12 bits per heavy atom. The summed E-state index contributed by atoms with van der Waals surface area (Å²) >= 11 is 11.9. The van der Waals surface area contributed by atoms with E-state index in [1.165, 1.54) is 0 Å². The van der Waals surface area contributed by atoms with Gasteiger partial charge < -0.3 is 10.1 Å². The fourth-order valence-corrected chi connectivity index (χ4v) is 2.21. The normalized spacial score (nSPS) is 14.6. The van der Waals surface area contributed by atoms with Gasteiger partial charge in [-0.15, -0.1) is 0 Å². The molecule has 2 N–H and O–H groups in total. The van der Waals surface area contributed by atoms with Crippen molar-refractivity contribution in [3.63, 3.8) is 0 Å². The van der Waals surface area contributed by atoms with Crippen molar-refractivity contribution >= 4 is 23.2 Å². The number of nitrogens with one attached hydrogen (secondary N) is 1. The molecule has 3 nitrogen and oxygen atoms in total. The maximum absolute atomic E-state index is 10.2. The summed E-state index contributed by atoms with van der Waals surface area (Å²) in [6.45, 7) is 1.88. The van der Waals surface area contributed by atoms with Gasteiger partial charge in [0.1, 0.15) is 5.82 Å². The molecule has 0 aliphatic heterocycles. The second-order valence-electron chi connectivity index (χ2n) is 3.87. The predicted molar refractivity (Wildman–Crippen MR) is 68.4 cm³/mol. The van der Waals surface area contributed by atoms with Crippen molar-refractivity contribution in [1.82, 2.24) is 9.97 Å². The molecule has 0 saturated heterocycles. The highest BCUT2D eigenvalue weighted by molar-refractivity contribution is 6.35. The summed E-state index contributed by atoms with van der Waals surface area (Å²) in [5.41, 5.74) is 0.653. The first kappa shape index (κ1) is 12.4. The Kier molecular flexibility index (Phi) is 3.72. The van der Waals surface area contributed by atoms with Crippen LogP contribution in [0.1, 0.15) is 30.3 Å². The fraction of sp³-hybridized carbons (Fsp3) is 0.250. The van der Waals surface area contributed by atoms with E-state index in [2.05, 4.69) is 9.97 Å². The molecule has 2 aromatic rings. The lowest BCUT2D eigenvalue weighted by atomic mass is 9.97. The van der Waals surface area contributed by atoms with Crippen LogP contribution in [0.5, 0.6) is 0 Å². The summed E-state index contributed by atoms with van der Waals surface area (Å²) in [6, 6.07) is 5.06. The van der Waals surface area contributed by atoms with Crippen LogP contribution in [0.2, 0.25) is 10.0 Å². The Bertz CT molecular complexity index is 499. The number of aliphatic hydroxyl groups excluding tert-OH is 1. The smallest absolute Gasteiger partial charge is 0.111 e. The molecule has 1 aromatic carbocycles. The van der Waals surface area contributed by atoms with Gasteiger partial charge in [0.15, 0.2) is 0 Å². The van der Waals surface area contributed by atoms with Crippen LogP contribution in [0.4, 0.5) is 0 Å². The van der Waals surface area contributed by atoms with E-state index in [1.807, 2.05) is 6.92 Å². The van der Waals surface area contributed by atoms with E-state index in [1.54, 1.807) is 30.6 Å². The summed E-state index contributed by atoms with van der Waals surface area (Å²) in [6.07, 6.45) is 2.66. The van der Waals surface area contributed by atoms with Crippen LogP contribution in [0.25, 0.3) is 0 Å². The third-order valence-electron chi connectivity index (χ3n) is 2.71. The highest BCUT2D eigenvalue weighted by atomic mass is 35.5. The Morgan fingerprint density at radius 3 is 2.71 bits per heavy atom. The number of halogens is 2. The summed E-state index contributed by atoms with van der Waals surface area (Å²) in [5.74, 6) is 0.562. The fourth-order valence-electron chi connectivity index (χ4n) is 1.69. The third kappa shape index (κ3) is 2.63. The van der Waals surface area contributed by atoms with E-state index in [9.17, 15) is 5.11 Å². The monoisotopic (exact) mass is 270 g/mol. The third-order valence-corrected chi connectivity index (χ3v) is 3.27. The number of imidazole rings is 1. The Labute approximate surface area is 109 Å². The molecule has 0 aliphatic carbocycles. The second-order valence-corrected chi connectivity index (χ2v) is 4.72. The lowest BCUT2D eigenvalue weighted by Gasteiger charge is -2.18. The van der Waals surface area contributed by atoms with Crippen LogP contribution in [0, 0.1) is 0 Å². The van der Waals surface area contributed by atoms with Gasteiger partial charge in [0, 0.05) is 28.4 Å². The average molecular weight is 271 g/mol. The van der Waals surface area contributed by atoms with Gasteiger partial charge in [-0.25, -0.2) is 4.98 Å². The van der Waals surface area contributed by atoms with E-state index in [0.717, 1.165) is 5.82 Å². The largest absolute Gasteiger partial charge is 0.388 e. The molecule has 2 rings (SSSR count). The van der Waals surface area contributed by atoms with Gasteiger partial charge in [-0.2, -0.15) is 0 Å². The molecule has 0 spiro atoms. The number of aromatic nitrogens is 2. The van der Waals surface area contributed by atoms with Crippen LogP contribution < -0.4 is 0 Å². The molecule has 2 unspecified atom stereocenters. The summed E-state index contributed by atoms with van der Waals surface area (Å²) in [4.78, 5) is 7.10. The predicted octanol–water partition coefficient (Wildman–Crippen LogP) is 3.55. The van der Waals surface area contributed by atoms with Crippen molar-refractivity contribution in [2.45, 2.75) is 18.9 Å². The zero-order chi connectivity index (χ0) is 12.4. The van der Waals surface area contributed by atoms with Crippen molar-refractivity contribution < 1.29 is 5.11 Å². The van der Waals surface area contributed by atoms with Crippen LogP contribution >= 0.6 is 23.2 Å². The number of H-pyrrole nitrogens is 1. The zero-order valence-corrected chi connectivity index (χ0v) is 10.7. The maximum Gasteiger partial charge on any atom is 0.111 e. The topological polar surface area (TPSA) is 48.9 Å². The average Bonchev–Trinajstić information content (AvgIpc) is 2.80. The van der Waals surface area contributed by atoms with Gasteiger partial charge in [-0.1, -0.05) is 36.2 Å². The van der Waals surface area contributed by atoms with Crippen molar-refractivity contribution in [1.29, 1.82) is 0 Å². The van der Waals surface area contributed by atoms with E-state index in [4.69, 9.17) is 23.2 Å². The number of hydrogen-bond donors (Lipinski definition) is 2. The Balaban J connectivity index is 2.28. The minimum atomic E-state index is -0.717. The van der Waals surface area contributed by atoms with Crippen LogP contribution in [0.15, 0.2) is 30.6 Å². The van der Waals surface area contributed by atoms with Crippen molar-refractivity contribution in [3.8, 4) is 0 Å². The molecule has 1 heterocycles. The second kappa shape index (κ2) is 5.08. The molecule has 1 aromatic heterocycles. The first-order chi connectivity index (χ1) is 8.09. The molecule has 0 amide bonds. The molecule has 0 aliphatic rings. The molecule has 0 bridgehead atoms. The van der Waals surface area contributed by atoms with Crippen molar-refractivity contribution in [2.75, 3.05) is 0 Å². The van der Waals surface area contributed by atoms with Gasteiger partial charge in [0.2, 0.25) is 0 Å². The molecule has 0 saturated carbocycles. The van der Waals surface area contributed by atoms with E-state index in [0.29, 0.717) is 15.6 Å². The molecule has 17 heavy (non-hydrogen) atoms. The number of aliphatic hydroxyl groups is 1. The standard InChI is InChI=1S/C12H12Cl2N2O/c1-7(12-15-4-5-16-12)11(17)9-3-2-8(13)6-10(9)14/h2-7,11,17H,1H3,(H,15,16). The van der Waals surface area contributed by atoms with Crippen molar-refractivity contribution in [3.05, 3.63) is 52.0 Å². The van der Waals surface area contributed by atoms with E-state index in [-0.39, 0.29) is 5.92 Å². The first-order valence-corrected chi connectivity index (χ1v) is 5.97. The highest BCUT2D eigenvalue weighted by Crippen LogP contribution is 2.33. The van der Waals surface area contributed by atoms with Gasteiger partial charge in [0.05, 0.1) is 6.10 Å². The minimum absolute atomic E-state index is 0.163. The summed E-state index contributed by atoms with van der Waals surface area (Å²) < 4.78 is 0. The zero-order valence-electron chi connectivity index (χ0n) is 9.19. The van der Waals surface area contributed by atoms with Crippen LogP contribution in [0.3, 0.4) is 0 Å². The Hall–Kier alpha value is -1.03. The molecular weight excluding hydrogens is 259 g/mol. The lowest BCUT2D eigenvalue weighted by Crippen LogP contribution is -2.09. The number of aromatic amines is 1. The number of hydrogen-bond acceptors (Lipinski definition) is 2. The van der Waals surface area contributed by atoms with E-state index >= 15 is 0 Å². The Morgan fingerprint density at radius 1 is 1.35 bits per heavy atom. The molecule has 90 valence electrons. The number of benzene rings is 1. The van der Waals surface area contributed by atoms with E-state index < -0.39 is 6.10 Å². The lowest BCUT2D eigenvalue weighted by molar-refractivity contribution is 0.148. The highest BCUT2D eigenvalue weighted by Gasteiger charge is 2.22. The first-order valence-electron chi connectivity index (χ1n) is 5.22. The van der Waals surface area contributed by atoms with Gasteiger partial charge in [-0.05, 0) is 17.7 Å². The van der Waals surface area contributed by atoms with Crippen LogP contribution in [-0.2, 0) is 0 Å².